The number of hydrogen-bond donors (Lipinski definition) is 1. The van der Waals surface area contributed by atoms with Gasteiger partial charge in [-0.25, -0.2) is 0 Å². The molecule has 1 amide bonds. The zero-order valence-corrected chi connectivity index (χ0v) is 9.86. The van der Waals surface area contributed by atoms with Crippen molar-refractivity contribution in [2.75, 3.05) is 11.4 Å². The van der Waals surface area contributed by atoms with Crippen molar-refractivity contribution < 1.29 is 4.79 Å². The van der Waals surface area contributed by atoms with Gasteiger partial charge in [-0.1, -0.05) is 18.2 Å². The van der Waals surface area contributed by atoms with Crippen molar-refractivity contribution >= 4 is 11.6 Å². The average Bonchev–Trinajstić information content (AvgIpc) is 2.21. The minimum absolute atomic E-state index is 0.178. The molecular weight excluding hydrogens is 200 g/mol. The first kappa shape index (κ1) is 11.1. The van der Waals surface area contributed by atoms with Crippen LogP contribution in [0.2, 0.25) is 0 Å². The normalized spacial score (nSPS) is 16.2. The number of amides is 1. The lowest BCUT2D eigenvalue weighted by atomic mass is 9.98. The number of nitrogens with zero attached hydrogens (tertiary/aromatic N) is 1. The molecule has 0 atom stereocenters. The molecule has 0 saturated carbocycles. The maximum atomic E-state index is 11.9. The Morgan fingerprint density at radius 1 is 1.31 bits per heavy atom. The fraction of sp³-hybridized carbons (Fsp3) is 0.462. The van der Waals surface area contributed by atoms with Gasteiger partial charge < -0.3 is 10.6 Å². The molecule has 1 heterocycles. The van der Waals surface area contributed by atoms with E-state index < -0.39 is 0 Å². The van der Waals surface area contributed by atoms with Crippen LogP contribution in [0, 0.1) is 0 Å². The maximum absolute atomic E-state index is 11.9. The highest BCUT2D eigenvalue weighted by Gasteiger charge is 2.27. The summed E-state index contributed by atoms with van der Waals surface area (Å²) >= 11 is 0. The molecule has 2 N–H and O–H groups in total. The van der Waals surface area contributed by atoms with Crippen LogP contribution >= 0.6 is 0 Å². The molecular formula is C13H18N2O. The number of carbonyl (C=O) groups excluding carboxylic acids is 1. The van der Waals surface area contributed by atoms with Gasteiger partial charge in [0.1, 0.15) is 0 Å². The van der Waals surface area contributed by atoms with E-state index in [9.17, 15) is 4.79 Å². The van der Waals surface area contributed by atoms with Crippen LogP contribution in [0.3, 0.4) is 0 Å². The van der Waals surface area contributed by atoms with E-state index in [1.54, 1.807) is 0 Å². The second-order valence-corrected chi connectivity index (χ2v) is 5.10. The summed E-state index contributed by atoms with van der Waals surface area (Å²) in [6, 6.07) is 8.06. The Labute approximate surface area is 96.2 Å². The Morgan fingerprint density at radius 2 is 2.00 bits per heavy atom. The van der Waals surface area contributed by atoms with Gasteiger partial charge in [0.25, 0.3) is 0 Å². The Hall–Kier alpha value is -1.35. The third-order valence-electron chi connectivity index (χ3n) is 2.76. The molecule has 0 radical (unpaired) electrons. The van der Waals surface area contributed by atoms with E-state index in [1.165, 1.54) is 5.56 Å². The third kappa shape index (κ3) is 2.25. The smallest absolute Gasteiger partial charge is 0.227 e. The van der Waals surface area contributed by atoms with Crippen molar-refractivity contribution in [1.29, 1.82) is 0 Å². The van der Waals surface area contributed by atoms with Crippen molar-refractivity contribution in [2.45, 2.75) is 32.2 Å². The Kier molecular flexibility index (Phi) is 2.72. The van der Waals surface area contributed by atoms with Crippen LogP contribution in [-0.2, 0) is 11.2 Å². The molecule has 1 aromatic rings. The summed E-state index contributed by atoms with van der Waals surface area (Å²) in [6.07, 6.45) is 1.43. The van der Waals surface area contributed by atoms with Gasteiger partial charge in [0, 0.05) is 24.2 Å². The number of carbonyl (C=O) groups is 1. The van der Waals surface area contributed by atoms with Crippen LogP contribution in [0.5, 0.6) is 0 Å². The Morgan fingerprint density at radius 3 is 2.69 bits per heavy atom. The highest BCUT2D eigenvalue weighted by molar-refractivity contribution is 5.96. The minimum atomic E-state index is -0.361. The quantitative estimate of drug-likeness (QED) is 0.821. The van der Waals surface area contributed by atoms with Gasteiger partial charge in [0.2, 0.25) is 5.91 Å². The van der Waals surface area contributed by atoms with Crippen molar-refractivity contribution in [3.8, 4) is 0 Å². The molecule has 0 aromatic heterocycles. The number of para-hydroxylation sites is 1. The standard InChI is InChI=1S/C13H18N2O/c1-13(2,14)9-15-11-6-4-3-5-10(11)7-8-12(15)16/h3-6H,7-9,14H2,1-2H3. The summed E-state index contributed by atoms with van der Waals surface area (Å²) in [6.45, 7) is 4.46. The molecule has 0 aliphatic carbocycles. The minimum Gasteiger partial charge on any atom is -0.324 e. The Bertz CT molecular complexity index is 407. The van der Waals surface area contributed by atoms with Gasteiger partial charge in [-0.05, 0) is 31.9 Å². The topological polar surface area (TPSA) is 46.3 Å². The molecule has 0 saturated heterocycles. The average molecular weight is 218 g/mol. The molecule has 0 unspecified atom stereocenters. The molecule has 0 spiro atoms. The fourth-order valence-corrected chi connectivity index (χ4v) is 2.08. The summed E-state index contributed by atoms with van der Waals surface area (Å²) in [5.41, 5.74) is 7.90. The summed E-state index contributed by atoms with van der Waals surface area (Å²) < 4.78 is 0. The Balaban J connectivity index is 2.33. The third-order valence-corrected chi connectivity index (χ3v) is 2.76. The molecule has 1 aromatic carbocycles. The lowest BCUT2D eigenvalue weighted by molar-refractivity contribution is -0.119. The molecule has 0 fully saturated rings. The monoisotopic (exact) mass is 218 g/mol. The molecule has 3 heteroatoms. The highest BCUT2D eigenvalue weighted by atomic mass is 16.2. The molecule has 2 rings (SSSR count). The van der Waals surface area contributed by atoms with E-state index in [-0.39, 0.29) is 11.4 Å². The molecule has 0 bridgehead atoms. The van der Waals surface area contributed by atoms with E-state index >= 15 is 0 Å². The van der Waals surface area contributed by atoms with Crippen LogP contribution in [0.25, 0.3) is 0 Å². The van der Waals surface area contributed by atoms with Crippen LogP contribution in [0.4, 0.5) is 5.69 Å². The second-order valence-electron chi connectivity index (χ2n) is 5.10. The summed E-state index contributed by atoms with van der Waals surface area (Å²) in [7, 11) is 0. The van der Waals surface area contributed by atoms with Gasteiger partial charge in [0.15, 0.2) is 0 Å². The zero-order valence-electron chi connectivity index (χ0n) is 9.86. The van der Waals surface area contributed by atoms with Crippen molar-refractivity contribution in [1.82, 2.24) is 0 Å². The molecule has 1 aliphatic rings. The summed E-state index contributed by atoms with van der Waals surface area (Å²) in [5.74, 6) is 0.178. The number of benzene rings is 1. The van der Waals surface area contributed by atoms with Crippen molar-refractivity contribution in [3.05, 3.63) is 29.8 Å². The fourth-order valence-electron chi connectivity index (χ4n) is 2.08. The number of rotatable bonds is 2. The van der Waals surface area contributed by atoms with Crippen molar-refractivity contribution in [2.24, 2.45) is 5.73 Å². The number of hydrogen-bond acceptors (Lipinski definition) is 2. The lowest BCUT2D eigenvalue weighted by Crippen LogP contribution is -2.49. The summed E-state index contributed by atoms with van der Waals surface area (Å²) in [5, 5.41) is 0. The molecule has 86 valence electrons. The number of fused-ring (bicyclic) bond motifs is 1. The summed E-state index contributed by atoms with van der Waals surface area (Å²) in [4.78, 5) is 13.7. The van der Waals surface area contributed by atoms with E-state index in [1.807, 2.05) is 36.9 Å². The van der Waals surface area contributed by atoms with E-state index in [2.05, 4.69) is 6.07 Å². The number of nitrogens with two attached hydrogens (primary N) is 1. The first-order chi connectivity index (χ1) is 7.47. The first-order valence-electron chi connectivity index (χ1n) is 5.64. The van der Waals surface area contributed by atoms with E-state index in [4.69, 9.17) is 5.73 Å². The van der Waals surface area contributed by atoms with E-state index in [0.29, 0.717) is 13.0 Å². The van der Waals surface area contributed by atoms with Gasteiger partial charge >= 0.3 is 0 Å². The molecule has 16 heavy (non-hydrogen) atoms. The maximum Gasteiger partial charge on any atom is 0.227 e. The van der Waals surface area contributed by atoms with Crippen LogP contribution < -0.4 is 10.6 Å². The van der Waals surface area contributed by atoms with E-state index in [0.717, 1.165) is 12.1 Å². The van der Waals surface area contributed by atoms with Gasteiger partial charge in [0.05, 0.1) is 0 Å². The zero-order chi connectivity index (χ0) is 11.8. The lowest BCUT2D eigenvalue weighted by Gasteiger charge is -2.34. The predicted octanol–water partition coefficient (Wildman–Crippen LogP) is 1.70. The molecule has 1 aliphatic heterocycles. The number of aryl methyl sites for hydroxylation is 1. The van der Waals surface area contributed by atoms with Crippen LogP contribution in [0.1, 0.15) is 25.8 Å². The highest BCUT2D eigenvalue weighted by Crippen LogP contribution is 2.28. The van der Waals surface area contributed by atoms with Gasteiger partial charge in [-0.2, -0.15) is 0 Å². The largest absolute Gasteiger partial charge is 0.324 e. The van der Waals surface area contributed by atoms with Crippen LogP contribution in [0.15, 0.2) is 24.3 Å². The molecule has 3 nitrogen and oxygen atoms in total. The first-order valence-corrected chi connectivity index (χ1v) is 5.64. The predicted molar refractivity (Wildman–Crippen MR) is 65.4 cm³/mol. The second kappa shape index (κ2) is 3.91. The van der Waals surface area contributed by atoms with Crippen LogP contribution in [-0.4, -0.2) is 18.0 Å². The SMILES string of the molecule is CC(C)(N)CN1C(=O)CCc2ccccc21. The van der Waals surface area contributed by atoms with Crippen molar-refractivity contribution in [3.63, 3.8) is 0 Å². The van der Waals surface area contributed by atoms with Gasteiger partial charge in [-0.3, -0.25) is 4.79 Å². The number of anilines is 1. The van der Waals surface area contributed by atoms with Gasteiger partial charge in [-0.15, -0.1) is 0 Å².